The molecule has 0 saturated heterocycles. The minimum absolute atomic E-state index is 0.422. The topological polar surface area (TPSA) is 71.5 Å². The summed E-state index contributed by atoms with van der Waals surface area (Å²) in [4.78, 5) is 10.5. The Bertz CT molecular complexity index is 443. The summed E-state index contributed by atoms with van der Waals surface area (Å²) >= 11 is 0. The third kappa shape index (κ3) is 3.80. The predicted octanol–water partition coefficient (Wildman–Crippen LogP) is 0.467. The first-order chi connectivity index (χ1) is 8.41. The van der Waals surface area contributed by atoms with Crippen LogP contribution in [0.1, 0.15) is 12.6 Å². The lowest BCUT2D eigenvalue weighted by molar-refractivity contribution is 0.797. The molecule has 6 nitrogen and oxygen atoms in total. The molecule has 0 bridgehead atoms. The number of aromatic nitrogens is 2. The lowest BCUT2D eigenvalue weighted by Crippen LogP contribution is -2.32. The van der Waals surface area contributed by atoms with Crippen molar-refractivity contribution in [3.8, 4) is 0 Å². The smallest absolute Gasteiger partial charge is 0.204 e. The summed E-state index contributed by atoms with van der Waals surface area (Å²) in [7, 11) is 5.88. The number of hydrogen-bond acceptors (Lipinski definition) is 3. The average Bonchev–Trinajstić information content (AvgIpc) is 2.65. The summed E-state index contributed by atoms with van der Waals surface area (Å²) in [5.41, 5.74) is 7.77. The van der Waals surface area contributed by atoms with Crippen LogP contribution in [0.25, 0.3) is 0 Å². The van der Waals surface area contributed by atoms with Crippen LogP contribution in [0.3, 0.4) is 0 Å². The Hall–Kier alpha value is -1.98. The number of hydrogen-bond donors (Lipinski definition) is 2. The van der Waals surface area contributed by atoms with Crippen LogP contribution < -0.4 is 16.0 Å². The van der Waals surface area contributed by atoms with Gasteiger partial charge in [0.25, 0.3) is 0 Å². The normalized spacial score (nSPS) is 11.4. The van der Waals surface area contributed by atoms with Gasteiger partial charge in [-0.15, -0.1) is 0 Å². The Kier molecular flexibility index (Phi) is 4.76. The Morgan fingerprint density at radius 3 is 2.78 bits per heavy atom. The van der Waals surface area contributed by atoms with E-state index in [1.807, 2.05) is 43.7 Å². The lowest BCUT2D eigenvalue weighted by Gasteiger charge is -2.12. The van der Waals surface area contributed by atoms with Crippen molar-refractivity contribution in [1.29, 1.82) is 0 Å². The number of guanidine groups is 1. The van der Waals surface area contributed by atoms with Gasteiger partial charge in [0.05, 0.1) is 18.4 Å². The monoisotopic (exact) mass is 250 g/mol. The summed E-state index contributed by atoms with van der Waals surface area (Å²) in [6.45, 7) is 6.87. The molecule has 6 heteroatoms. The fourth-order valence-electron chi connectivity index (χ4n) is 1.46. The highest BCUT2D eigenvalue weighted by molar-refractivity contribution is 5.78. The van der Waals surface area contributed by atoms with E-state index in [1.54, 1.807) is 0 Å². The molecule has 0 fully saturated rings. The SMILES string of the molecule is C=C(C)CNC(N)=NCc1cnc(N(C)C)n1C. The zero-order valence-electron chi connectivity index (χ0n) is 11.6. The van der Waals surface area contributed by atoms with Crippen molar-refractivity contribution in [3.63, 3.8) is 0 Å². The first kappa shape index (κ1) is 14.1. The van der Waals surface area contributed by atoms with E-state index in [1.165, 1.54) is 0 Å². The van der Waals surface area contributed by atoms with E-state index in [4.69, 9.17) is 5.73 Å². The Morgan fingerprint density at radius 2 is 2.28 bits per heavy atom. The summed E-state index contributed by atoms with van der Waals surface area (Å²) in [5, 5.41) is 2.99. The zero-order valence-corrected chi connectivity index (χ0v) is 11.6. The molecule has 100 valence electrons. The van der Waals surface area contributed by atoms with Gasteiger partial charge in [0.2, 0.25) is 5.95 Å². The number of nitrogens with one attached hydrogen (secondary N) is 1. The molecule has 0 atom stereocenters. The molecular weight excluding hydrogens is 228 g/mol. The molecular formula is C12H22N6. The molecule has 0 radical (unpaired) electrons. The van der Waals surface area contributed by atoms with Gasteiger partial charge in [0, 0.05) is 27.7 Å². The van der Waals surface area contributed by atoms with Crippen LogP contribution in [-0.4, -0.2) is 36.2 Å². The Morgan fingerprint density at radius 1 is 1.61 bits per heavy atom. The maximum Gasteiger partial charge on any atom is 0.204 e. The second kappa shape index (κ2) is 6.09. The van der Waals surface area contributed by atoms with Gasteiger partial charge in [-0.3, -0.25) is 0 Å². The molecule has 0 spiro atoms. The number of aliphatic imine (C=N–C) groups is 1. The minimum atomic E-state index is 0.422. The molecule has 3 N–H and O–H groups in total. The highest BCUT2D eigenvalue weighted by atomic mass is 15.3. The van der Waals surface area contributed by atoms with Gasteiger partial charge in [-0.2, -0.15) is 0 Å². The Labute approximate surface area is 108 Å². The van der Waals surface area contributed by atoms with Crippen LogP contribution in [0.15, 0.2) is 23.3 Å². The summed E-state index contributed by atoms with van der Waals surface area (Å²) in [6, 6.07) is 0. The van der Waals surface area contributed by atoms with Crippen molar-refractivity contribution in [1.82, 2.24) is 14.9 Å². The second-order valence-corrected chi connectivity index (χ2v) is 4.52. The van der Waals surface area contributed by atoms with Gasteiger partial charge in [-0.25, -0.2) is 9.98 Å². The van der Waals surface area contributed by atoms with Crippen LogP contribution in [0, 0.1) is 0 Å². The molecule has 0 aliphatic carbocycles. The van der Waals surface area contributed by atoms with Gasteiger partial charge in [-0.1, -0.05) is 12.2 Å². The van der Waals surface area contributed by atoms with Gasteiger partial charge in [-0.05, 0) is 6.92 Å². The van der Waals surface area contributed by atoms with Crippen molar-refractivity contribution in [3.05, 3.63) is 24.0 Å². The fourth-order valence-corrected chi connectivity index (χ4v) is 1.46. The molecule has 0 aromatic carbocycles. The highest BCUT2D eigenvalue weighted by Gasteiger charge is 2.07. The van der Waals surface area contributed by atoms with Crippen molar-refractivity contribution in [2.75, 3.05) is 25.5 Å². The van der Waals surface area contributed by atoms with Crippen LogP contribution in [0.2, 0.25) is 0 Å². The number of rotatable bonds is 5. The maximum atomic E-state index is 5.74. The number of imidazole rings is 1. The van der Waals surface area contributed by atoms with E-state index in [0.717, 1.165) is 17.2 Å². The molecule has 1 rings (SSSR count). The number of nitrogens with zero attached hydrogens (tertiary/aromatic N) is 4. The standard InChI is InChI=1S/C12H22N6/c1-9(2)6-14-11(13)15-7-10-8-16-12(17(3)4)18(10)5/h8H,1,6-7H2,2-5H3,(H3,13,14,15). The van der Waals surface area contributed by atoms with Gasteiger partial charge in [0.15, 0.2) is 5.96 Å². The molecule has 18 heavy (non-hydrogen) atoms. The Balaban J connectivity index is 2.63. The van der Waals surface area contributed by atoms with E-state index in [0.29, 0.717) is 19.0 Å². The average molecular weight is 250 g/mol. The molecule has 0 amide bonds. The molecule has 1 heterocycles. The largest absolute Gasteiger partial charge is 0.370 e. The third-order valence-electron chi connectivity index (χ3n) is 2.44. The fraction of sp³-hybridized carbons (Fsp3) is 0.500. The number of nitrogens with two attached hydrogens (primary N) is 1. The van der Waals surface area contributed by atoms with Gasteiger partial charge < -0.3 is 20.5 Å². The number of anilines is 1. The zero-order chi connectivity index (χ0) is 13.7. The first-order valence-electron chi connectivity index (χ1n) is 5.78. The third-order valence-corrected chi connectivity index (χ3v) is 2.44. The van der Waals surface area contributed by atoms with Crippen molar-refractivity contribution in [2.45, 2.75) is 13.5 Å². The van der Waals surface area contributed by atoms with Crippen molar-refractivity contribution >= 4 is 11.9 Å². The van der Waals surface area contributed by atoms with Crippen molar-refractivity contribution < 1.29 is 0 Å². The molecule has 0 aliphatic heterocycles. The summed E-state index contributed by atoms with van der Waals surface area (Å²) in [6.07, 6.45) is 1.81. The van der Waals surface area contributed by atoms with Crippen LogP contribution in [0.4, 0.5) is 5.95 Å². The van der Waals surface area contributed by atoms with Gasteiger partial charge >= 0.3 is 0 Å². The van der Waals surface area contributed by atoms with E-state index in [9.17, 15) is 0 Å². The minimum Gasteiger partial charge on any atom is -0.370 e. The van der Waals surface area contributed by atoms with E-state index in [-0.39, 0.29) is 0 Å². The molecule has 1 aromatic heterocycles. The maximum absolute atomic E-state index is 5.74. The van der Waals surface area contributed by atoms with E-state index < -0.39 is 0 Å². The summed E-state index contributed by atoms with van der Waals surface area (Å²) in [5.74, 6) is 1.32. The molecule has 1 aromatic rings. The highest BCUT2D eigenvalue weighted by Crippen LogP contribution is 2.11. The second-order valence-electron chi connectivity index (χ2n) is 4.52. The predicted molar refractivity (Wildman–Crippen MR) is 75.7 cm³/mol. The quantitative estimate of drug-likeness (QED) is 0.452. The van der Waals surface area contributed by atoms with Crippen molar-refractivity contribution in [2.24, 2.45) is 17.8 Å². The van der Waals surface area contributed by atoms with E-state index in [2.05, 4.69) is 21.9 Å². The van der Waals surface area contributed by atoms with Gasteiger partial charge in [0.1, 0.15) is 0 Å². The van der Waals surface area contributed by atoms with Crippen LogP contribution in [-0.2, 0) is 13.6 Å². The van der Waals surface area contributed by atoms with Crippen LogP contribution in [0.5, 0.6) is 0 Å². The summed E-state index contributed by atoms with van der Waals surface area (Å²) < 4.78 is 2.00. The molecule has 0 saturated carbocycles. The molecule has 0 aliphatic rings. The van der Waals surface area contributed by atoms with E-state index >= 15 is 0 Å². The van der Waals surface area contributed by atoms with Crippen LogP contribution >= 0.6 is 0 Å². The first-order valence-corrected chi connectivity index (χ1v) is 5.78. The lowest BCUT2D eigenvalue weighted by atomic mass is 10.3. The molecule has 0 unspecified atom stereocenters.